The maximum atomic E-state index is 13.0. The Morgan fingerprint density at radius 3 is 2.52 bits per heavy atom. The summed E-state index contributed by atoms with van der Waals surface area (Å²) in [5, 5.41) is 2.93. The van der Waals surface area contributed by atoms with Gasteiger partial charge in [0.15, 0.2) is 0 Å². The number of carbonyl (C=O) groups is 1. The number of piperazine rings is 1. The fourth-order valence-electron chi connectivity index (χ4n) is 4.11. The van der Waals surface area contributed by atoms with Gasteiger partial charge in [-0.15, -0.1) is 0 Å². The van der Waals surface area contributed by atoms with Crippen molar-refractivity contribution >= 4 is 15.9 Å². The van der Waals surface area contributed by atoms with Crippen molar-refractivity contribution in [1.82, 2.24) is 19.4 Å². The number of nitrogens with one attached hydrogen (secondary N) is 1. The number of hydrogen-bond donors (Lipinski definition) is 1. The maximum absolute atomic E-state index is 13.0. The number of hydrogen-bond acceptors (Lipinski definition) is 5. The fourth-order valence-corrected chi connectivity index (χ4v) is 5.57. The van der Waals surface area contributed by atoms with Gasteiger partial charge in [-0.25, -0.2) is 8.42 Å². The normalized spacial score (nSPS) is 20.1. The smallest absolute Gasteiger partial charge is 0.251 e. The second-order valence-corrected chi connectivity index (χ2v) is 10.2. The first kappa shape index (κ1) is 22.2. The van der Waals surface area contributed by atoms with E-state index in [9.17, 15) is 13.2 Å². The van der Waals surface area contributed by atoms with Gasteiger partial charge in [0.05, 0.1) is 4.90 Å². The summed E-state index contributed by atoms with van der Waals surface area (Å²) in [5.74, 6) is -0.225. The van der Waals surface area contributed by atoms with Gasteiger partial charge in [0.25, 0.3) is 5.91 Å². The Labute approximate surface area is 175 Å². The summed E-state index contributed by atoms with van der Waals surface area (Å²) in [6.07, 6.45) is 5.12. The number of sulfonamides is 1. The number of amides is 1. The SMILES string of the molecule is CN1CCN(CCNC(=O)c2cccc(S(=O)(=O)N(C)C3CCCCC3)c2)CC1. The van der Waals surface area contributed by atoms with Gasteiger partial charge in [-0.3, -0.25) is 9.69 Å². The molecule has 1 amide bonds. The van der Waals surface area contributed by atoms with Crippen LogP contribution in [0.5, 0.6) is 0 Å². The summed E-state index contributed by atoms with van der Waals surface area (Å²) in [7, 11) is 0.181. The predicted molar refractivity (Wildman–Crippen MR) is 115 cm³/mol. The lowest BCUT2D eigenvalue weighted by molar-refractivity contribution is 0.0941. The molecule has 1 aromatic rings. The van der Waals surface area contributed by atoms with Crippen molar-refractivity contribution in [2.45, 2.75) is 43.0 Å². The highest BCUT2D eigenvalue weighted by atomic mass is 32.2. The van der Waals surface area contributed by atoms with Gasteiger partial charge in [0.2, 0.25) is 10.0 Å². The van der Waals surface area contributed by atoms with Crippen LogP contribution in [0.3, 0.4) is 0 Å². The Balaban J connectivity index is 1.58. The van der Waals surface area contributed by atoms with E-state index in [1.165, 1.54) is 16.8 Å². The molecule has 2 aliphatic rings. The van der Waals surface area contributed by atoms with Crippen LogP contribution in [0.4, 0.5) is 0 Å². The van der Waals surface area contributed by atoms with Gasteiger partial charge in [0, 0.05) is 57.9 Å². The van der Waals surface area contributed by atoms with E-state index >= 15 is 0 Å². The Morgan fingerprint density at radius 1 is 1.14 bits per heavy atom. The average Bonchev–Trinajstić information content (AvgIpc) is 2.75. The van der Waals surface area contributed by atoms with Crippen LogP contribution in [0.25, 0.3) is 0 Å². The van der Waals surface area contributed by atoms with Gasteiger partial charge in [0.1, 0.15) is 0 Å². The third-order valence-electron chi connectivity index (χ3n) is 6.17. The molecule has 0 aromatic heterocycles. The predicted octanol–water partition coefficient (Wildman–Crippen LogP) is 1.62. The highest BCUT2D eigenvalue weighted by Gasteiger charge is 2.29. The summed E-state index contributed by atoms with van der Waals surface area (Å²) < 4.78 is 27.6. The molecule has 2 fully saturated rings. The Hall–Kier alpha value is -1.48. The maximum Gasteiger partial charge on any atom is 0.251 e. The molecule has 1 aliphatic heterocycles. The molecule has 29 heavy (non-hydrogen) atoms. The summed E-state index contributed by atoms with van der Waals surface area (Å²) >= 11 is 0. The zero-order chi connectivity index (χ0) is 20.9. The van der Waals surface area contributed by atoms with Crippen molar-refractivity contribution in [3.8, 4) is 0 Å². The number of nitrogens with zero attached hydrogens (tertiary/aromatic N) is 3. The molecule has 7 nitrogen and oxygen atoms in total. The molecule has 1 aliphatic carbocycles. The van der Waals surface area contributed by atoms with Crippen molar-refractivity contribution in [2.75, 3.05) is 53.4 Å². The second kappa shape index (κ2) is 10.0. The molecule has 1 heterocycles. The zero-order valence-electron chi connectivity index (χ0n) is 17.6. The van der Waals surface area contributed by atoms with Crippen LogP contribution in [0, 0.1) is 0 Å². The van der Waals surface area contributed by atoms with E-state index < -0.39 is 10.0 Å². The first-order chi connectivity index (χ1) is 13.9. The van der Waals surface area contributed by atoms with Gasteiger partial charge < -0.3 is 10.2 Å². The molecule has 1 N–H and O–H groups in total. The molecule has 162 valence electrons. The highest BCUT2D eigenvalue weighted by Crippen LogP contribution is 2.26. The molecule has 8 heteroatoms. The molecular weight excluding hydrogens is 388 g/mol. The van der Waals surface area contributed by atoms with E-state index in [0.717, 1.165) is 58.4 Å². The minimum atomic E-state index is -3.60. The third kappa shape index (κ3) is 5.78. The van der Waals surface area contributed by atoms with Crippen molar-refractivity contribution in [2.24, 2.45) is 0 Å². The Bertz CT molecular complexity index is 785. The largest absolute Gasteiger partial charge is 0.351 e. The van der Waals surface area contributed by atoms with Gasteiger partial charge in [-0.2, -0.15) is 4.31 Å². The summed E-state index contributed by atoms with van der Waals surface area (Å²) in [6.45, 7) is 5.47. The first-order valence-electron chi connectivity index (χ1n) is 10.6. The molecule has 1 saturated carbocycles. The average molecular weight is 423 g/mol. The lowest BCUT2D eigenvalue weighted by Crippen LogP contribution is -2.46. The van der Waals surface area contributed by atoms with Crippen LogP contribution in [0.15, 0.2) is 29.2 Å². The third-order valence-corrected chi connectivity index (χ3v) is 8.08. The molecule has 0 bridgehead atoms. The molecule has 0 spiro atoms. The van der Waals surface area contributed by atoms with Crippen LogP contribution in [-0.4, -0.2) is 87.8 Å². The summed E-state index contributed by atoms with van der Waals surface area (Å²) in [4.78, 5) is 17.4. The van der Waals surface area contributed by atoms with Gasteiger partial charge in [-0.1, -0.05) is 25.3 Å². The molecule has 1 saturated heterocycles. The van der Waals surface area contributed by atoms with E-state index in [2.05, 4.69) is 22.2 Å². The van der Waals surface area contributed by atoms with Crippen LogP contribution < -0.4 is 5.32 Å². The number of rotatable bonds is 7. The lowest BCUT2D eigenvalue weighted by atomic mass is 9.96. The number of carbonyl (C=O) groups excluding carboxylic acids is 1. The monoisotopic (exact) mass is 422 g/mol. The number of likely N-dealkylation sites (N-methyl/N-ethyl adjacent to an activating group) is 1. The molecule has 0 atom stereocenters. The van der Waals surface area contributed by atoms with Crippen LogP contribution in [-0.2, 0) is 10.0 Å². The van der Waals surface area contributed by atoms with E-state index in [1.807, 2.05) is 0 Å². The standard InChI is InChI=1S/C21H34N4O3S/c1-23-13-15-25(16-14-23)12-11-22-21(26)18-7-6-10-20(17-18)29(27,28)24(2)19-8-4-3-5-9-19/h6-7,10,17,19H,3-5,8-9,11-16H2,1-2H3,(H,22,26). The van der Waals surface area contributed by atoms with Crippen molar-refractivity contribution in [3.05, 3.63) is 29.8 Å². The quantitative estimate of drug-likeness (QED) is 0.723. The highest BCUT2D eigenvalue weighted by molar-refractivity contribution is 7.89. The van der Waals surface area contributed by atoms with Crippen molar-refractivity contribution in [1.29, 1.82) is 0 Å². The van der Waals surface area contributed by atoms with E-state index in [0.29, 0.717) is 12.1 Å². The Morgan fingerprint density at radius 2 is 1.83 bits per heavy atom. The first-order valence-corrected chi connectivity index (χ1v) is 12.1. The minimum Gasteiger partial charge on any atom is -0.351 e. The van der Waals surface area contributed by atoms with Gasteiger partial charge >= 0.3 is 0 Å². The lowest BCUT2D eigenvalue weighted by Gasteiger charge is -2.32. The van der Waals surface area contributed by atoms with Crippen LogP contribution in [0.1, 0.15) is 42.5 Å². The van der Waals surface area contributed by atoms with Crippen LogP contribution in [0.2, 0.25) is 0 Å². The van der Waals surface area contributed by atoms with Crippen molar-refractivity contribution < 1.29 is 13.2 Å². The second-order valence-electron chi connectivity index (χ2n) is 8.24. The Kier molecular flexibility index (Phi) is 7.67. The summed E-state index contributed by atoms with van der Waals surface area (Å²) in [5.41, 5.74) is 0.390. The minimum absolute atomic E-state index is 0.0508. The molecular formula is C21H34N4O3S. The molecule has 3 rings (SSSR count). The van der Waals surface area contributed by atoms with E-state index in [-0.39, 0.29) is 16.8 Å². The fraction of sp³-hybridized carbons (Fsp3) is 0.667. The summed E-state index contributed by atoms with van der Waals surface area (Å²) in [6, 6.07) is 6.45. The van der Waals surface area contributed by atoms with Crippen LogP contribution >= 0.6 is 0 Å². The van der Waals surface area contributed by atoms with Crippen molar-refractivity contribution in [3.63, 3.8) is 0 Å². The molecule has 1 aromatic carbocycles. The topological polar surface area (TPSA) is 73.0 Å². The molecule has 0 radical (unpaired) electrons. The van der Waals surface area contributed by atoms with E-state index in [4.69, 9.17) is 0 Å². The molecule has 0 unspecified atom stereocenters. The van der Waals surface area contributed by atoms with Gasteiger partial charge in [-0.05, 0) is 38.1 Å². The number of benzene rings is 1. The zero-order valence-corrected chi connectivity index (χ0v) is 18.5. The van der Waals surface area contributed by atoms with E-state index in [1.54, 1.807) is 25.2 Å².